The Labute approximate surface area is 212 Å². The molecule has 0 saturated carbocycles. The lowest BCUT2D eigenvalue weighted by Crippen LogP contribution is -2.13. The number of hydrogen-bond acceptors (Lipinski definition) is 6. The van der Waals surface area contributed by atoms with Crippen molar-refractivity contribution in [3.8, 4) is 11.4 Å². The van der Waals surface area contributed by atoms with Crippen LogP contribution in [0.25, 0.3) is 22.4 Å². The number of aryl methyl sites for hydroxylation is 1. The van der Waals surface area contributed by atoms with Crippen LogP contribution in [0.3, 0.4) is 0 Å². The summed E-state index contributed by atoms with van der Waals surface area (Å²) in [5.41, 5.74) is 3.46. The first-order valence-electron chi connectivity index (χ1n) is 11.0. The molecule has 0 aliphatic carbocycles. The molecule has 5 rings (SSSR count). The number of fused-ring (bicyclic) bond motifs is 1. The highest BCUT2D eigenvalue weighted by molar-refractivity contribution is 7.86. The van der Waals surface area contributed by atoms with E-state index < -0.39 is 15.9 Å². The van der Waals surface area contributed by atoms with Crippen LogP contribution < -0.4 is 0 Å². The van der Waals surface area contributed by atoms with E-state index in [1.54, 1.807) is 41.6 Å². The van der Waals surface area contributed by atoms with Crippen LogP contribution in [0.4, 0.5) is 4.39 Å². The van der Waals surface area contributed by atoms with Crippen molar-refractivity contribution in [1.29, 1.82) is 0 Å². The minimum absolute atomic E-state index is 0.0598. The fraction of sp³-hybridized carbons (Fsp3) is 0.160. The summed E-state index contributed by atoms with van der Waals surface area (Å²) in [7, 11) is -3.95. The van der Waals surface area contributed by atoms with Crippen LogP contribution in [0.2, 0.25) is 5.02 Å². The Morgan fingerprint density at radius 1 is 1.08 bits per heavy atom. The number of benzene rings is 2. The van der Waals surface area contributed by atoms with Crippen LogP contribution in [0.1, 0.15) is 11.1 Å². The second-order valence-corrected chi connectivity index (χ2v) is 10.3. The third-order valence-corrected chi connectivity index (χ3v) is 7.25. The Kier molecular flexibility index (Phi) is 6.57. The first-order valence-corrected chi connectivity index (χ1v) is 12.8. The van der Waals surface area contributed by atoms with E-state index in [2.05, 4.69) is 15.0 Å². The van der Waals surface area contributed by atoms with Gasteiger partial charge >= 0.3 is 0 Å². The van der Waals surface area contributed by atoms with E-state index in [9.17, 15) is 12.8 Å². The van der Waals surface area contributed by atoms with Crippen molar-refractivity contribution in [2.24, 2.45) is 0 Å². The summed E-state index contributed by atoms with van der Waals surface area (Å²) in [6.07, 6.45) is 8.64. The summed E-state index contributed by atoms with van der Waals surface area (Å²) in [6.45, 7) is 2.39. The van der Waals surface area contributed by atoms with E-state index in [0.29, 0.717) is 29.0 Å². The summed E-state index contributed by atoms with van der Waals surface area (Å²) >= 11 is 6.05. The largest absolute Gasteiger partial charge is 0.333 e. The number of pyridine rings is 1. The first-order chi connectivity index (χ1) is 17.3. The van der Waals surface area contributed by atoms with Crippen LogP contribution in [0.15, 0.2) is 78.5 Å². The molecule has 184 valence electrons. The van der Waals surface area contributed by atoms with Crippen molar-refractivity contribution >= 4 is 32.8 Å². The van der Waals surface area contributed by atoms with Crippen molar-refractivity contribution < 1.29 is 17.0 Å². The maximum Gasteiger partial charge on any atom is 0.297 e. The van der Waals surface area contributed by atoms with Crippen molar-refractivity contribution in [2.75, 3.05) is 6.61 Å². The molecule has 0 spiro atoms. The van der Waals surface area contributed by atoms with Crippen LogP contribution >= 0.6 is 11.6 Å². The third kappa shape index (κ3) is 5.01. The van der Waals surface area contributed by atoms with E-state index in [4.69, 9.17) is 15.8 Å². The van der Waals surface area contributed by atoms with Gasteiger partial charge < -0.3 is 9.13 Å². The van der Waals surface area contributed by atoms with Gasteiger partial charge in [0.05, 0.1) is 40.4 Å². The quantitative estimate of drug-likeness (QED) is 0.269. The Morgan fingerprint density at radius 2 is 1.89 bits per heavy atom. The molecule has 8 nitrogen and oxygen atoms in total. The van der Waals surface area contributed by atoms with Gasteiger partial charge in [0.2, 0.25) is 0 Å². The zero-order valence-electron chi connectivity index (χ0n) is 19.2. The molecule has 2 aromatic carbocycles. The van der Waals surface area contributed by atoms with Crippen molar-refractivity contribution in [3.05, 3.63) is 95.5 Å². The van der Waals surface area contributed by atoms with Crippen LogP contribution in [0.5, 0.6) is 0 Å². The van der Waals surface area contributed by atoms with Crippen molar-refractivity contribution in [3.63, 3.8) is 0 Å². The zero-order chi connectivity index (χ0) is 25.3. The first kappa shape index (κ1) is 24.1. The Balaban J connectivity index is 1.47. The average molecular weight is 526 g/mol. The van der Waals surface area contributed by atoms with E-state index in [1.165, 1.54) is 24.3 Å². The number of nitrogens with zero attached hydrogens (tertiary/aromatic N) is 5. The second-order valence-electron chi connectivity index (χ2n) is 8.25. The highest BCUT2D eigenvalue weighted by atomic mass is 35.5. The lowest BCUT2D eigenvalue weighted by atomic mass is 10.2. The molecular weight excluding hydrogens is 505 g/mol. The normalized spacial score (nSPS) is 11.9. The van der Waals surface area contributed by atoms with Gasteiger partial charge in [0.15, 0.2) is 0 Å². The topological polar surface area (TPSA) is 91.9 Å². The summed E-state index contributed by atoms with van der Waals surface area (Å²) in [4.78, 5) is 13.1. The van der Waals surface area contributed by atoms with Crippen LogP contribution in [0, 0.1) is 12.7 Å². The molecule has 0 aliphatic heterocycles. The second kappa shape index (κ2) is 9.81. The Morgan fingerprint density at radius 3 is 2.64 bits per heavy atom. The molecule has 3 heterocycles. The summed E-state index contributed by atoms with van der Waals surface area (Å²) in [5, 5.41) is -0.0598. The predicted octanol–water partition coefficient (Wildman–Crippen LogP) is 4.85. The van der Waals surface area contributed by atoms with Gasteiger partial charge in [0.1, 0.15) is 11.6 Å². The number of imidazole rings is 2. The molecule has 3 aromatic heterocycles. The number of rotatable bonds is 8. The molecular formula is C25H21ClFN5O3S. The summed E-state index contributed by atoms with van der Waals surface area (Å²) in [5.74, 6) is -0.103. The highest BCUT2D eigenvalue weighted by Gasteiger charge is 2.19. The number of halogens is 2. The molecule has 5 aromatic rings. The maximum absolute atomic E-state index is 14.2. The zero-order valence-corrected chi connectivity index (χ0v) is 20.7. The molecule has 0 saturated heterocycles. The third-order valence-electron chi connectivity index (χ3n) is 5.63. The van der Waals surface area contributed by atoms with E-state index in [0.717, 1.165) is 11.1 Å². The average Bonchev–Trinajstić information content (AvgIpc) is 3.48. The molecule has 36 heavy (non-hydrogen) atoms. The molecule has 0 radical (unpaired) electrons. The molecule has 0 amide bonds. The smallest absolute Gasteiger partial charge is 0.297 e. The molecule has 11 heteroatoms. The van der Waals surface area contributed by atoms with E-state index in [1.807, 2.05) is 23.8 Å². The molecule has 0 N–H and O–H groups in total. The van der Waals surface area contributed by atoms with Gasteiger partial charge in [-0.05, 0) is 36.8 Å². The van der Waals surface area contributed by atoms with Crippen LogP contribution in [-0.2, 0) is 27.4 Å². The van der Waals surface area contributed by atoms with Gasteiger partial charge in [-0.1, -0.05) is 29.3 Å². The molecule has 0 aliphatic rings. The van der Waals surface area contributed by atoms with Crippen molar-refractivity contribution in [2.45, 2.75) is 24.9 Å². The summed E-state index contributed by atoms with van der Waals surface area (Å²) < 4.78 is 48.5. The maximum atomic E-state index is 14.2. The van der Waals surface area contributed by atoms with Gasteiger partial charge in [0, 0.05) is 43.0 Å². The standard InChI is InChI=1S/C25H21ClFN5O3S/c1-17-2-4-20(5-3-17)36(33,34)35-9-8-32-24-11-21(26)22(27)12-23(24)30-25(32)19-10-18(13-29-14-19)15-31-7-6-28-16-31/h2-7,10-14,16H,8-9,15H2,1H3. The van der Waals surface area contributed by atoms with Gasteiger partial charge in [0.25, 0.3) is 10.1 Å². The number of hydrogen-bond donors (Lipinski definition) is 0. The molecule has 0 bridgehead atoms. The molecule has 0 unspecified atom stereocenters. The Hall–Kier alpha value is -3.60. The minimum Gasteiger partial charge on any atom is -0.333 e. The monoisotopic (exact) mass is 525 g/mol. The highest BCUT2D eigenvalue weighted by Crippen LogP contribution is 2.29. The van der Waals surface area contributed by atoms with Gasteiger partial charge in [-0.25, -0.2) is 14.4 Å². The van der Waals surface area contributed by atoms with E-state index in [-0.39, 0.29) is 23.1 Å². The predicted molar refractivity (Wildman–Crippen MR) is 134 cm³/mol. The van der Waals surface area contributed by atoms with Crippen LogP contribution in [-0.4, -0.2) is 39.1 Å². The minimum atomic E-state index is -3.95. The number of aromatic nitrogens is 5. The van der Waals surface area contributed by atoms with Gasteiger partial charge in [-0.2, -0.15) is 8.42 Å². The lowest BCUT2D eigenvalue weighted by molar-refractivity contribution is 0.303. The Bertz CT molecular complexity index is 1630. The lowest BCUT2D eigenvalue weighted by Gasteiger charge is -2.11. The molecule has 0 atom stereocenters. The fourth-order valence-corrected chi connectivity index (χ4v) is 4.92. The fourth-order valence-electron chi connectivity index (χ4n) is 3.87. The van der Waals surface area contributed by atoms with Gasteiger partial charge in [-0.3, -0.25) is 9.17 Å². The summed E-state index contributed by atoms with van der Waals surface area (Å²) in [6, 6.07) is 11.1. The van der Waals surface area contributed by atoms with E-state index >= 15 is 0 Å². The molecule has 0 fully saturated rings. The van der Waals surface area contributed by atoms with Crippen molar-refractivity contribution in [1.82, 2.24) is 24.1 Å². The SMILES string of the molecule is Cc1ccc(S(=O)(=O)OCCn2c(-c3cncc(Cn4ccnc4)c3)nc3cc(F)c(Cl)cc32)cc1. The van der Waals surface area contributed by atoms with Gasteiger partial charge in [-0.15, -0.1) is 0 Å².